The van der Waals surface area contributed by atoms with Gasteiger partial charge in [0.05, 0.1) is 17.9 Å². The third kappa shape index (κ3) is 2.30. The fourth-order valence-corrected chi connectivity index (χ4v) is 2.46. The number of nitrogens with zero attached hydrogens (tertiary/aromatic N) is 4. The van der Waals surface area contributed by atoms with Gasteiger partial charge in [0.1, 0.15) is 0 Å². The monoisotopic (exact) mass is 246 g/mol. The Bertz CT molecular complexity index is 488. The van der Waals surface area contributed by atoms with Gasteiger partial charge in [0.25, 0.3) is 0 Å². The summed E-state index contributed by atoms with van der Waals surface area (Å²) in [6.45, 7) is 3.92. The van der Waals surface area contributed by atoms with Crippen molar-refractivity contribution >= 4 is 0 Å². The SMILES string of the molecule is Cn1ccc(CN2CCNCC2c2cn[nH]c2)n1. The van der Waals surface area contributed by atoms with Crippen LogP contribution >= 0.6 is 0 Å². The van der Waals surface area contributed by atoms with Gasteiger partial charge in [0.15, 0.2) is 0 Å². The molecule has 2 aromatic rings. The zero-order valence-corrected chi connectivity index (χ0v) is 10.5. The molecule has 0 amide bonds. The first kappa shape index (κ1) is 11.4. The van der Waals surface area contributed by atoms with Crippen LogP contribution in [0, 0.1) is 0 Å². The molecule has 18 heavy (non-hydrogen) atoms. The van der Waals surface area contributed by atoms with Crippen LogP contribution in [0.3, 0.4) is 0 Å². The van der Waals surface area contributed by atoms with Gasteiger partial charge in [0, 0.05) is 51.2 Å². The smallest absolute Gasteiger partial charge is 0.0764 e. The van der Waals surface area contributed by atoms with Crippen molar-refractivity contribution < 1.29 is 0 Å². The minimum absolute atomic E-state index is 0.375. The molecule has 1 aliphatic rings. The first-order valence-electron chi connectivity index (χ1n) is 6.25. The van der Waals surface area contributed by atoms with E-state index in [9.17, 15) is 0 Å². The largest absolute Gasteiger partial charge is 0.314 e. The summed E-state index contributed by atoms with van der Waals surface area (Å²) in [4.78, 5) is 2.45. The Balaban J connectivity index is 1.76. The molecule has 1 aliphatic heterocycles. The molecule has 0 bridgehead atoms. The van der Waals surface area contributed by atoms with Crippen LogP contribution in [0.4, 0.5) is 0 Å². The number of aromatic amines is 1. The lowest BCUT2D eigenvalue weighted by molar-refractivity contribution is 0.151. The fraction of sp³-hybridized carbons (Fsp3) is 0.500. The molecule has 96 valence electrons. The Morgan fingerprint density at radius 1 is 1.50 bits per heavy atom. The zero-order chi connectivity index (χ0) is 12.4. The Hall–Kier alpha value is -1.66. The first-order valence-corrected chi connectivity index (χ1v) is 6.25. The predicted molar refractivity (Wildman–Crippen MR) is 67.8 cm³/mol. The quantitative estimate of drug-likeness (QED) is 0.817. The van der Waals surface area contributed by atoms with Crippen molar-refractivity contribution in [2.75, 3.05) is 19.6 Å². The van der Waals surface area contributed by atoms with E-state index in [1.54, 1.807) is 0 Å². The van der Waals surface area contributed by atoms with Crippen LogP contribution < -0.4 is 5.32 Å². The number of aryl methyl sites for hydroxylation is 1. The van der Waals surface area contributed by atoms with Crippen LogP contribution in [0.2, 0.25) is 0 Å². The molecule has 6 heteroatoms. The predicted octanol–water partition coefficient (Wildman–Crippen LogP) is 0.290. The number of piperazine rings is 1. The molecular weight excluding hydrogens is 228 g/mol. The molecule has 0 aliphatic carbocycles. The lowest BCUT2D eigenvalue weighted by atomic mass is 10.1. The molecule has 0 aromatic carbocycles. The van der Waals surface area contributed by atoms with E-state index in [0.717, 1.165) is 31.9 Å². The summed E-state index contributed by atoms with van der Waals surface area (Å²) >= 11 is 0. The number of aromatic nitrogens is 4. The van der Waals surface area contributed by atoms with Gasteiger partial charge in [0.2, 0.25) is 0 Å². The normalized spacial score (nSPS) is 21.3. The van der Waals surface area contributed by atoms with Gasteiger partial charge in [-0.05, 0) is 6.07 Å². The second kappa shape index (κ2) is 4.91. The molecule has 2 aromatic heterocycles. The molecule has 6 nitrogen and oxygen atoms in total. The number of nitrogens with one attached hydrogen (secondary N) is 2. The van der Waals surface area contributed by atoms with E-state index in [1.807, 2.05) is 30.3 Å². The maximum Gasteiger partial charge on any atom is 0.0764 e. The zero-order valence-electron chi connectivity index (χ0n) is 10.5. The Labute approximate surface area is 106 Å². The molecule has 0 saturated carbocycles. The molecule has 1 fully saturated rings. The van der Waals surface area contributed by atoms with E-state index in [0.29, 0.717) is 6.04 Å². The topological polar surface area (TPSA) is 61.8 Å². The molecule has 2 N–H and O–H groups in total. The average Bonchev–Trinajstić information content (AvgIpc) is 3.02. The van der Waals surface area contributed by atoms with E-state index >= 15 is 0 Å². The van der Waals surface area contributed by atoms with Crippen molar-refractivity contribution in [3.63, 3.8) is 0 Å². The minimum Gasteiger partial charge on any atom is -0.314 e. The van der Waals surface area contributed by atoms with Gasteiger partial charge in [-0.1, -0.05) is 0 Å². The summed E-state index contributed by atoms with van der Waals surface area (Å²) in [5.74, 6) is 0. The summed E-state index contributed by atoms with van der Waals surface area (Å²) < 4.78 is 1.85. The van der Waals surface area contributed by atoms with Crippen LogP contribution in [0.25, 0.3) is 0 Å². The molecule has 0 spiro atoms. The molecule has 1 unspecified atom stereocenters. The van der Waals surface area contributed by atoms with Crippen LogP contribution in [0.1, 0.15) is 17.3 Å². The average molecular weight is 246 g/mol. The third-order valence-corrected chi connectivity index (χ3v) is 3.39. The second-order valence-electron chi connectivity index (χ2n) is 4.70. The third-order valence-electron chi connectivity index (χ3n) is 3.39. The van der Waals surface area contributed by atoms with Crippen molar-refractivity contribution in [1.29, 1.82) is 0 Å². The number of rotatable bonds is 3. The Morgan fingerprint density at radius 3 is 3.17 bits per heavy atom. The van der Waals surface area contributed by atoms with Gasteiger partial charge < -0.3 is 5.32 Å². The summed E-state index contributed by atoms with van der Waals surface area (Å²) in [5, 5.41) is 14.8. The minimum atomic E-state index is 0.375. The summed E-state index contributed by atoms with van der Waals surface area (Å²) in [6.07, 6.45) is 5.87. The summed E-state index contributed by atoms with van der Waals surface area (Å²) in [6, 6.07) is 2.45. The van der Waals surface area contributed by atoms with Gasteiger partial charge in [-0.25, -0.2) is 0 Å². The molecule has 3 rings (SSSR count). The van der Waals surface area contributed by atoms with Gasteiger partial charge >= 0.3 is 0 Å². The highest BCUT2D eigenvalue weighted by atomic mass is 15.3. The number of H-pyrrole nitrogens is 1. The van der Waals surface area contributed by atoms with Crippen LogP contribution in [-0.4, -0.2) is 44.5 Å². The second-order valence-corrected chi connectivity index (χ2v) is 4.70. The molecular formula is C12H18N6. The Morgan fingerprint density at radius 2 is 2.44 bits per heavy atom. The number of hydrogen-bond acceptors (Lipinski definition) is 4. The number of hydrogen-bond donors (Lipinski definition) is 2. The molecule has 1 saturated heterocycles. The summed E-state index contributed by atoms with van der Waals surface area (Å²) in [5.41, 5.74) is 2.35. The highest BCUT2D eigenvalue weighted by Crippen LogP contribution is 2.22. The van der Waals surface area contributed by atoms with Gasteiger partial charge in [-0.2, -0.15) is 10.2 Å². The highest BCUT2D eigenvalue weighted by molar-refractivity contribution is 5.12. The van der Waals surface area contributed by atoms with E-state index in [1.165, 1.54) is 5.56 Å². The van der Waals surface area contributed by atoms with Crippen molar-refractivity contribution in [3.05, 3.63) is 35.9 Å². The van der Waals surface area contributed by atoms with Crippen molar-refractivity contribution in [1.82, 2.24) is 30.2 Å². The van der Waals surface area contributed by atoms with Crippen molar-refractivity contribution in [2.45, 2.75) is 12.6 Å². The maximum atomic E-state index is 4.45. The lowest BCUT2D eigenvalue weighted by Crippen LogP contribution is -2.45. The lowest BCUT2D eigenvalue weighted by Gasteiger charge is -2.35. The van der Waals surface area contributed by atoms with Crippen molar-refractivity contribution in [2.24, 2.45) is 7.05 Å². The standard InChI is InChI=1S/C12H18N6/c1-17-4-2-11(16-17)9-18-5-3-13-8-12(18)10-6-14-15-7-10/h2,4,6-7,12-13H,3,5,8-9H2,1H3,(H,14,15). The van der Waals surface area contributed by atoms with E-state index in [2.05, 4.69) is 31.6 Å². The Kier molecular flexibility index (Phi) is 3.12. The van der Waals surface area contributed by atoms with E-state index in [-0.39, 0.29) is 0 Å². The summed E-state index contributed by atoms with van der Waals surface area (Å²) in [7, 11) is 1.95. The molecule has 1 atom stereocenters. The molecule has 0 radical (unpaired) electrons. The van der Waals surface area contributed by atoms with Crippen LogP contribution in [0.15, 0.2) is 24.7 Å². The maximum absolute atomic E-state index is 4.45. The van der Waals surface area contributed by atoms with Crippen molar-refractivity contribution in [3.8, 4) is 0 Å². The first-order chi connectivity index (χ1) is 8.83. The molecule has 3 heterocycles. The van der Waals surface area contributed by atoms with E-state index < -0.39 is 0 Å². The van der Waals surface area contributed by atoms with Gasteiger partial charge in [-0.15, -0.1) is 0 Å². The van der Waals surface area contributed by atoms with E-state index in [4.69, 9.17) is 0 Å². The van der Waals surface area contributed by atoms with Crippen LogP contribution in [0.5, 0.6) is 0 Å². The highest BCUT2D eigenvalue weighted by Gasteiger charge is 2.24. The van der Waals surface area contributed by atoms with Gasteiger partial charge in [-0.3, -0.25) is 14.7 Å². The van der Waals surface area contributed by atoms with Crippen LogP contribution in [-0.2, 0) is 13.6 Å². The fourth-order valence-electron chi connectivity index (χ4n) is 2.46.